The largest absolute Gasteiger partial charge is 0.380 e. The quantitative estimate of drug-likeness (QED) is 0.514. The molecule has 0 saturated heterocycles. The summed E-state index contributed by atoms with van der Waals surface area (Å²) < 4.78 is 5.48. The van der Waals surface area contributed by atoms with Gasteiger partial charge in [0.1, 0.15) is 0 Å². The highest BCUT2D eigenvalue weighted by molar-refractivity contribution is 4.49. The van der Waals surface area contributed by atoms with Gasteiger partial charge in [-0.25, -0.2) is 0 Å². The molecule has 13 heavy (non-hydrogen) atoms. The molecule has 0 aliphatic carbocycles. The fourth-order valence-electron chi connectivity index (χ4n) is 1.11. The van der Waals surface area contributed by atoms with Gasteiger partial charge in [-0.1, -0.05) is 26.7 Å². The van der Waals surface area contributed by atoms with E-state index in [0.29, 0.717) is 0 Å². The predicted molar refractivity (Wildman–Crippen MR) is 58.1 cm³/mol. The summed E-state index contributed by atoms with van der Waals surface area (Å²) in [4.78, 5) is 2.34. The Morgan fingerprint density at radius 3 is 2.23 bits per heavy atom. The van der Waals surface area contributed by atoms with Crippen molar-refractivity contribution < 1.29 is 4.74 Å². The van der Waals surface area contributed by atoms with Crippen LogP contribution in [0.4, 0.5) is 0 Å². The second-order valence-electron chi connectivity index (χ2n) is 3.62. The molecule has 0 aliphatic rings. The lowest BCUT2D eigenvalue weighted by atomic mass is 10.3. The van der Waals surface area contributed by atoms with E-state index in [9.17, 15) is 0 Å². The maximum atomic E-state index is 5.48. The Hall–Kier alpha value is -0.0800. The summed E-state index contributed by atoms with van der Waals surface area (Å²) in [6, 6.07) is 0. The molecule has 0 saturated carbocycles. The van der Waals surface area contributed by atoms with Crippen LogP contribution in [0.15, 0.2) is 0 Å². The first kappa shape index (κ1) is 12.9. The van der Waals surface area contributed by atoms with Crippen molar-refractivity contribution in [2.24, 2.45) is 0 Å². The lowest BCUT2D eigenvalue weighted by Crippen LogP contribution is -2.24. The number of hydrogen-bond acceptors (Lipinski definition) is 2. The van der Waals surface area contributed by atoms with E-state index < -0.39 is 0 Å². The van der Waals surface area contributed by atoms with Gasteiger partial charge in [0.05, 0.1) is 6.61 Å². The fourth-order valence-corrected chi connectivity index (χ4v) is 1.11. The smallest absolute Gasteiger partial charge is 0.0593 e. The van der Waals surface area contributed by atoms with E-state index in [0.717, 1.165) is 19.8 Å². The average molecular weight is 187 g/mol. The highest BCUT2D eigenvalue weighted by Gasteiger charge is 1.96. The van der Waals surface area contributed by atoms with E-state index in [2.05, 4.69) is 25.8 Å². The molecule has 0 heterocycles. The summed E-state index contributed by atoms with van der Waals surface area (Å²) in [7, 11) is 2.17. The van der Waals surface area contributed by atoms with Crippen molar-refractivity contribution in [2.75, 3.05) is 33.4 Å². The lowest BCUT2D eigenvalue weighted by Gasteiger charge is -2.15. The monoisotopic (exact) mass is 187 g/mol. The molecule has 0 unspecified atom stereocenters. The van der Waals surface area contributed by atoms with Gasteiger partial charge in [-0.15, -0.1) is 0 Å². The molecule has 0 radical (unpaired) electrons. The van der Waals surface area contributed by atoms with Crippen LogP contribution in [0.2, 0.25) is 0 Å². The van der Waals surface area contributed by atoms with Crippen LogP contribution in [-0.2, 0) is 4.74 Å². The predicted octanol–water partition coefficient (Wildman–Crippen LogP) is 2.54. The molecule has 0 atom stereocenters. The number of nitrogens with zero attached hydrogens (tertiary/aromatic N) is 1. The minimum absolute atomic E-state index is 0.889. The number of ether oxygens (including phenoxy) is 1. The van der Waals surface area contributed by atoms with Crippen molar-refractivity contribution in [3.05, 3.63) is 0 Å². The van der Waals surface area contributed by atoms with Crippen molar-refractivity contribution in [2.45, 2.75) is 39.5 Å². The summed E-state index contributed by atoms with van der Waals surface area (Å²) in [5.41, 5.74) is 0. The van der Waals surface area contributed by atoms with Gasteiger partial charge in [-0.3, -0.25) is 0 Å². The molecule has 0 rings (SSSR count). The van der Waals surface area contributed by atoms with Crippen LogP contribution in [0.3, 0.4) is 0 Å². The van der Waals surface area contributed by atoms with Crippen LogP contribution in [0.1, 0.15) is 39.5 Å². The average Bonchev–Trinajstić information content (AvgIpc) is 2.14. The molecule has 80 valence electrons. The Balaban J connectivity index is 3.03. The maximum Gasteiger partial charge on any atom is 0.0593 e. The van der Waals surface area contributed by atoms with Gasteiger partial charge in [-0.2, -0.15) is 0 Å². The van der Waals surface area contributed by atoms with E-state index in [-0.39, 0.29) is 0 Å². The molecule has 0 N–H and O–H groups in total. The summed E-state index contributed by atoms with van der Waals surface area (Å²) >= 11 is 0. The zero-order chi connectivity index (χ0) is 9.94. The van der Waals surface area contributed by atoms with Crippen molar-refractivity contribution in [3.63, 3.8) is 0 Å². The Kier molecular flexibility index (Phi) is 9.94. The van der Waals surface area contributed by atoms with Gasteiger partial charge < -0.3 is 9.64 Å². The molecule has 0 aromatic rings. The molecule has 2 nitrogen and oxygen atoms in total. The fraction of sp³-hybridized carbons (Fsp3) is 1.00. The summed E-state index contributed by atoms with van der Waals surface area (Å²) in [5, 5.41) is 0. The number of unbranched alkanes of at least 4 members (excludes halogenated alkanes) is 2. The van der Waals surface area contributed by atoms with Gasteiger partial charge in [-0.05, 0) is 26.4 Å². The van der Waals surface area contributed by atoms with Gasteiger partial charge in [0, 0.05) is 13.2 Å². The minimum atomic E-state index is 0.889. The lowest BCUT2D eigenvalue weighted by molar-refractivity contribution is 0.109. The number of hydrogen-bond donors (Lipinski definition) is 0. The van der Waals surface area contributed by atoms with Crippen molar-refractivity contribution in [1.29, 1.82) is 0 Å². The van der Waals surface area contributed by atoms with E-state index in [4.69, 9.17) is 4.74 Å². The number of rotatable bonds is 9. The first-order valence-electron chi connectivity index (χ1n) is 5.57. The minimum Gasteiger partial charge on any atom is -0.380 e. The molecule has 2 heteroatoms. The molecule has 0 spiro atoms. The van der Waals surface area contributed by atoms with Crippen LogP contribution in [-0.4, -0.2) is 38.3 Å². The molecule has 0 fully saturated rings. The summed E-state index contributed by atoms with van der Waals surface area (Å²) in [5.74, 6) is 0. The first-order chi connectivity index (χ1) is 6.31. The first-order valence-corrected chi connectivity index (χ1v) is 5.57. The van der Waals surface area contributed by atoms with E-state index >= 15 is 0 Å². The van der Waals surface area contributed by atoms with Crippen LogP contribution in [0.5, 0.6) is 0 Å². The van der Waals surface area contributed by atoms with Crippen LogP contribution in [0.25, 0.3) is 0 Å². The van der Waals surface area contributed by atoms with Gasteiger partial charge in [0.2, 0.25) is 0 Å². The van der Waals surface area contributed by atoms with Gasteiger partial charge >= 0.3 is 0 Å². The van der Waals surface area contributed by atoms with Gasteiger partial charge in [0.15, 0.2) is 0 Å². The van der Waals surface area contributed by atoms with Crippen molar-refractivity contribution in [3.8, 4) is 0 Å². The Morgan fingerprint density at radius 2 is 1.62 bits per heavy atom. The highest BCUT2D eigenvalue weighted by Crippen LogP contribution is 1.92. The molecule has 0 amide bonds. The SMILES string of the molecule is CCCCOCCN(C)CCCC. The van der Waals surface area contributed by atoms with Gasteiger partial charge in [0.25, 0.3) is 0 Å². The molecule has 0 aromatic carbocycles. The molecule has 0 aromatic heterocycles. The molecule has 0 bridgehead atoms. The number of likely N-dealkylation sites (N-methyl/N-ethyl adjacent to an activating group) is 1. The molecular weight excluding hydrogens is 162 g/mol. The molecular formula is C11H25NO. The third-order valence-electron chi connectivity index (χ3n) is 2.15. The molecule has 0 aliphatic heterocycles. The Morgan fingerprint density at radius 1 is 0.923 bits per heavy atom. The van der Waals surface area contributed by atoms with Crippen molar-refractivity contribution >= 4 is 0 Å². The summed E-state index contributed by atoms with van der Waals surface area (Å²) in [6.07, 6.45) is 5.00. The third kappa shape index (κ3) is 9.84. The second kappa shape index (κ2) is 10.0. The zero-order valence-corrected chi connectivity index (χ0v) is 9.51. The normalized spacial score (nSPS) is 11.1. The Bertz CT molecular complexity index is 96.1. The maximum absolute atomic E-state index is 5.48. The zero-order valence-electron chi connectivity index (χ0n) is 9.51. The van der Waals surface area contributed by atoms with E-state index in [1.807, 2.05) is 0 Å². The summed E-state index contributed by atoms with van der Waals surface area (Å²) in [6.45, 7) is 8.51. The van der Waals surface area contributed by atoms with Crippen LogP contribution in [0, 0.1) is 0 Å². The van der Waals surface area contributed by atoms with E-state index in [1.165, 1.54) is 32.2 Å². The van der Waals surface area contributed by atoms with Crippen molar-refractivity contribution in [1.82, 2.24) is 4.90 Å². The standard InChI is InChI=1S/C11H25NO/c1-4-6-8-12(3)9-11-13-10-7-5-2/h4-11H2,1-3H3. The van der Waals surface area contributed by atoms with Crippen LogP contribution < -0.4 is 0 Å². The van der Waals surface area contributed by atoms with Crippen LogP contribution >= 0.6 is 0 Å². The van der Waals surface area contributed by atoms with E-state index in [1.54, 1.807) is 0 Å². The second-order valence-corrected chi connectivity index (χ2v) is 3.62. The topological polar surface area (TPSA) is 12.5 Å². The highest BCUT2D eigenvalue weighted by atomic mass is 16.5. The Labute approximate surface area is 83.3 Å². The third-order valence-corrected chi connectivity index (χ3v) is 2.15.